The molecule has 0 amide bonds. The first-order valence-corrected chi connectivity index (χ1v) is 4.35. The predicted octanol–water partition coefficient (Wildman–Crippen LogP) is 1.34. The molecule has 4 nitrogen and oxygen atoms in total. The van der Waals surface area contributed by atoms with Crippen LogP contribution < -0.4 is 0 Å². The van der Waals surface area contributed by atoms with E-state index in [0.717, 1.165) is 12.8 Å². The van der Waals surface area contributed by atoms with Crippen LogP contribution in [0.3, 0.4) is 0 Å². The maximum Gasteiger partial charge on any atom is 0.183 e. The van der Waals surface area contributed by atoms with Crippen molar-refractivity contribution >= 4 is 0 Å². The minimum atomic E-state index is -0.651. The van der Waals surface area contributed by atoms with Crippen LogP contribution in [0, 0.1) is 17.1 Å². The van der Waals surface area contributed by atoms with Crippen LogP contribution in [0.5, 0.6) is 0 Å². The van der Waals surface area contributed by atoms with Crippen LogP contribution in [0.25, 0.3) is 0 Å². The molecule has 1 atom stereocenters. The first-order chi connectivity index (χ1) is 6.83. The molecule has 1 aromatic rings. The van der Waals surface area contributed by atoms with Gasteiger partial charge < -0.3 is 4.74 Å². The highest BCUT2D eigenvalue weighted by Gasteiger charge is 2.24. The molecule has 0 aromatic carbocycles. The summed E-state index contributed by atoms with van der Waals surface area (Å²) in [6.45, 7) is 0.621. The number of nitriles is 1. The van der Waals surface area contributed by atoms with Crippen molar-refractivity contribution in [3.8, 4) is 6.07 Å². The highest BCUT2D eigenvalue weighted by atomic mass is 19.1. The summed E-state index contributed by atoms with van der Waals surface area (Å²) in [5.74, 6) is -0.651. The lowest BCUT2D eigenvalue weighted by Crippen LogP contribution is -2.06. The number of hydrogen-bond acceptors (Lipinski definition) is 4. The average Bonchev–Trinajstić information content (AvgIpc) is 2.71. The fourth-order valence-corrected chi connectivity index (χ4v) is 1.48. The molecule has 0 radical (unpaired) electrons. The first-order valence-electron chi connectivity index (χ1n) is 4.35. The van der Waals surface area contributed by atoms with Gasteiger partial charge in [-0.2, -0.15) is 5.26 Å². The van der Waals surface area contributed by atoms with E-state index in [1.165, 1.54) is 6.33 Å². The van der Waals surface area contributed by atoms with Crippen LogP contribution in [0.1, 0.15) is 30.3 Å². The molecule has 72 valence electrons. The Hall–Kier alpha value is -1.54. The van der Waals surface area contributed by atoms with Crippen molar-refractivity contribution in [2.24, 2.45) is 0 Å². The Morgan fingerprint density at radius 2 is 2.43 bits per heavy atom. The lowest BCUT2D eigenvalue weighted by atomic mass is 10.1. The molecule has 1 fully saturated rings. The van der Waals surface area contributed by atoms with Gasteiger partial charge in [0.2, 0.25) is 0 Å². The van der Waals surface area contributed by atoms with E-state index < -0.39 is 5.82 Å². The zero-order chi connectivity index (χ0) is 9.97. The molecule has 14 heavy (non-hydrogen) atoms. The molecule has 0 saturated carbocycles. The van der Waals surface area contributed by atoms with Gasteiger partial charge in [-0.1, -0.05) is 0 Å². The summed E-state index contributed by atoms with van der Waals surface area (Å²) in [6, 6.07) is 1.68. The normalized spacial score (nSPS) is 20.7. The van der Waals surface area contributed by atoms with Crippen molar-refractivity contribution in [3.63, 3.8) is 0 Å². The van der Waals surface area contributed by atoms with E-state index in [1.807, 2.05) is 0 Å². The summed E-state index contributed by atoms with van der Waals surface area (Å²) in [5, 5.41) is 8.56. The number of rotatable bonds is 1. The SMILES string of the molecule is N#Cc1ncnc(C2CCCO2)c1F. The van der Waals surface area contributed by atoms with Crippen molar-refractivity contribution < 1.29 is 9.13 Å². The lowest BCUT2D eigenvalue weighted by molar-refractivity contribution is 0.105. The number of aromatic nitrogens is 2. The van der Waals surface area contributed by atoms with E-state index in [1.54, 1.807) is 6.07 Å². The molecule has 1 aromatic heterocycles. The highest BCUT2D eigenvalue weighted by Crippen LogP contribution is 2.28. The van der Waals surface area contributed by atoms with Crippen molar-refractivity contribution in [1.29, 1.82) is 5.26 Å². The molecular formula is C9H8FN3O. The maximum absolute atomic E-state index is 13.5. The van der Waals surface area contributed by atoms with Crippen LogP contribution in [0.4, 0.5) is 4.39 Å². The summed E-state index contributed by atoms with van der Waals surface area (Å²) in [5.41, 5.74) is -0.0143. The van der Waals surface area contributed by atoms with Crippen molar-refractivity contribution in [1.82, 2.24) is 9.97 Å². The van der Waals surface area contributed by atoms with Gasteiger partial charge in [-0.25, -0.2) is 14.4 Å². The Labute approximate surface area is 80.4 Å². The maximum atomic E-state index is 13.5. The van der Waals surface area contributed by atoms with Crippen molar-refractivity contribution in [3.05, 3.63) is 23.5 Å². The second-order valence-electron chi connectivity index (χ2n) is 3.03. The molecule has 0 aliphatic carbocycles. The van der Waals surface area contributed by atoms with Crippen LogP contribution >= 0.6 is 0 Å². The summed E-state index contributed by atoms with van der Waals surface area (Å²) in [7, 11) is 0. The predicted molar refractivity (Wildman–Crippen MR) is 44.6 cm³/mol. The highest BCUT2D eigenvalue weighted by molar-refractivity contribution is 5.25. The first kappa shape index (κ1) is 9.03. The monoisotopic (exact) mass is 193 g/mol. The molecule has 2 heterocycles. The minimum absolute atomic E-state index is 0.203. The number of ether oxygens (including phenoxy) is 1. The van der Waals surface area contributed by atoms with Crippen LogP contribution in [-0.2, 0) is 4.74 Å². The lowest BCUT2D eigenvalue weighted by Gasteiger charge is -2.08. The van der Waals surface area contributed by atoms with Crippen LogP contribution in [0.15, 0.2) is 6.33 Å². The Balaban J connectivity index is 2.38. The number of hydrogen-bond donors (Lipinski definition) is 0. The topological polar surface area (TPSA) is 58.8 Å². The van der Waals surface area contributed by atoms with Gasteiger partial charge in [-0.05, 0) is 12.8 Å². The van der Waals surface area contributed by atoms with E-state index in [9.17, 15) is 4.39 Å². The minimum Gasteiger partial charge on any atom is -0.372 e. The van der Waals surface area contributed by atoms with Crippen molar-refractivity contribution in [2.45, 2.75) is 18.9 Å². The fourth-order valence-electron chi connectivity index (χ4n) is 1.48. The Morgan fingerprint density at radius 3 is 3.07 bits per heavy atom. The zero-order valence-corrected chi connectivity index (χ0v) is 7.40. The molecule has 1 aliphatic heterocycles. The Kier molecular flexibility index (Phi) is 2.37. The summed E-state index contributed by atoms with van der Waals surface area (Å²) >= 11 is 0. The molecule has 5 heteroatoms. The number of nitrogens with zero attached hydrogens (tertiary/aromatic N) is 3. The third-order valence-electron chi connectivity index (χ3n) is 2.16. The van der Waals surface area contributed by atoms with Crippen LogP contribution in [-0.4, -0.2) is 16.6 Å². The van der Waals surface area contributed by atoms with Gasteiger partial charge in [0.1, 0.15) is 24.2 Å². The molecule has 1 saturated heterocycles. The molecule has 1 unspecified atom stereocenters. The molecule has 0 spiro atoms. The quantitative estimate of drug-likeness (QED) is 0.675. The van der Waals surface area contributed by atoms with Gasteiger partial charge in [-0.3, -0.25) is 0 Å². The molecular weight excluding hydrogens is 185 g/mol. The van der Waals surface area contributed by atoms with E-state index >= 15 is 0 Å². The fraction of sp³-hybridized carbons (Fsp3) is 0.444. The van der Waals surface area contributed by atoms with E-state index in [0.29, 0.717) is 6.61 Å². The Morgan fingerprint density at radius 1 is 1.57 bits per heavy atom. The average molecular weight is 193 g/mol. The summed E-state index contributed by atoms with van der Waals surface area (Å²) < 4.78 is 18.8. The van der Waals surface area contributed by atoms with Gasteiger partial charge in [0.05, 0.1) is 0 Å². The van der Waals surface area contributed by atoms with E-state index in [4.69, 9.17) is 10.00 Å². The van der Waals surface area contributed by atoms with Gasteiger partial charge in [0.15, 0.2) is 11.5 Å². The number of halogens is 1. The second kappa shape index (κ2) is 3.68. The second-order valence-corrected chi connectivity index (χ2v) is 3.03. The van der Waals surface area contributed by atoms with Gasteiger partial charge in [-0.15, -0.1) is 0 Å². The van der Waals surface area contributed by atoms with Gasteiger partial charge in [0, 0.05) is 6.61 Å². The molecule has 0 bridgehead atoms. The summed E-state index contributed by atoms with van der Waals surface area (Å²) in [6.07, 6.45) is 2.53. The van der Waals surface area contributed by atoms with Crippen molar-refractivity contribution in [2.75, 3.05) is 6.61 Å². The molecule has 0 N–H and O–H groups in total. The standard InChI is InChI=1S/C9H8FN3O/c10-8-6(4-11)12-5-13-9(8)7-2-1-3-14-7/h5,7H,1-3H2. The Bertz CT molecular complexity index is 382. The molecule has 2 rings (SSSR count). The van der Waals surface area contributed by atoms with E-state index in [2.05, 4.69) is 9.97 Å². The zero-order valence-electron chi connectivity index (χ0n) is 7.40. The molecule has 1 aliphatic rings. The largest absolute Gasteiger partial charge is 0.372 e. The summed E-state index contributed by atoms with van der Waals surface area (Å²) in [4.78, 5) is 7.33. The van der Waals surface area contributed by atoms with Crippen LogP contribution in [0.2, 0.25) is 0 Å². The van der Waals surface area contributed by atoms with Gasteiger partial charge >= 0.3 is 0 Å². The third kappa shape index (κ3) is 1.44. The smallest absolute Gasteiger partial charge is 0.183 e. The van der Waals surface area contributed by atoms with E-state index in [-0.39, 0.29) is 17.5 Å². The van der Waals surface area contributed by atoms with Gasteiger partial charge in [0.25, 0.3) is 0 Å². The third-order valence-corrected chi connectivity index (χ3v) is 2.16.